The molecule has 24 heavy (non-hydrogen) atoms. The summed E-state index contributed by atoms with van der Waals surface area (Å²) in [6.07, 6.45) is 2.98. The second-order valence-electron chi connectivity index (χ2n) is 5.77. The number of amides is 1. The van der Waals surface area contributed by atoms with E-state index in [2.05, 4.69) is 20.6 Å². The summed E-state index contributed by atoms with van der Waals surface area (Å²) in [5.41, 5.74) is -0.337. The van der Waals surface area contributed by atoms with Crippen LogP contribution in [0.15, 0.2) is 36.5 Å². The number of benzene rings is 1. The molecule has 1 aliphatic rings. The third-order valence-corrected chi connectivity index (χ3v) is 4.94. The van der Waals surface area contributed by atoms with Gasteiger partial charge in [0.15, 0.2) is 5.82 Å². The van der Waals surface area contributed by atoms with Crippen molar-refractivity contribution in [2.45, 2.75) is 25.2 Å². The Balaban J connectivity index is 0.00000182. The lowest BCUT2D eigenvalue weighted by Crippen LogP contribution is -2.29. The van der Waals surface area contributed by atoms with Crippen LogP contribution in [-0.4, -0.2) is 25.9 Å². The number of hydrogen-bond acceptors (Lipinski definition) is 5. The van der Waals surface area contributed by atoms with E-state index in [-0.39, 0.29) is 13.2 Å². The molecule has 1 fully saturated rings. The zero-order chi connectivity index (χ0) is 16.7. The lowest BCUT2D eigenvalue weighted by atomic mass is 9.94. The summed E-state index contributed by atoms with van der Waals surface area (Å²) >= 11 is 1.41. The van der Waals surface area contributed by atoms with Crippen LogP contribution in [0.2, 0.25) is 0 Å². The smallest absolute Gasteiger partial charge is 0.236 e. The van der Waals surface area contributed by atoms with E-state index in [0.29, 0.717) is 29.4 Å². The zero-order valence-corrected chi connectivity index (χ0v) is 13.7. The quantitative estimate of drug-likeness (QED) is 0.789. The summed E-state index contributed by atoms with van der Waals surface area (Å²) in [6, 6.07) is 8.11. The van der Waals surface area contributed by atoms with E-state index < -0.39 is 5.41 Å². The molecule has 0 bridgehead atoms. The molecule has 1 aromatic carbocycles. The highest BCUT2D eigenvalue weighted by atomic mass is 32.1. The van der Waals surface area contributed by atoms with Gasteiger partial charge in [0, 0.05) is 19.3 Å². The monoisotopic (exact) mass is 345 g/mol. The molecular weight excluding hydrogens is 329 g/mol. The van der Waals surface area contributed by atoms with Gasteiger partial charge in [0.2, 0.25) is 11.0 Å². The first-order valence-electron chi connectivity index (χ1n) is 7.51. The van der Waals surface area contributed by atoms with Crippen LogP contribution in [0, 0.1) is 12.7 Å². The van der Waals surface area contributed by atoms with Gasteiger partial charge in [-0.15, -0.1) is 15.3 Å². The number of aryl methyl sites for hydroxylation is 1. The van der Waals surface area contributed by atoms with Crippen LogP contribution in [0.5, 0.6) is 0 Å². The third kappa shape index (κ3) is 2.48. The number of carbonyl (C=O) groups excluding carboxylic acids is 1. The Bertz CT molecular complexity index is 921. The van der Waals surface area contributed by atoms with Crippen molar-refractivity contribution in [3.05, 3.63) is 52.9 Å². The molecule has 2 heterocycles. The first-order valence-corrected chi connectivity index (χ1v) is 8.33. The summed E-state index contributed by atoms with van der Waals surface area (Å²) in [4.78, 5) is 12.6. The molecule has 1 N–H and O–H groups in total. The van der Waals surface area contributed by atoms with Gasteiger partial charge in [-0.3, -0.25) is 4.79 Å². The van der Waals surface area contributed by atoms with Gasteiger partial charge < -0.3 is 5.32 Å². The predicted molar refractivity (Wildman–Crippen MR) is 89.8 cm³/mol. The van der Waals surface area contributed by atoms with Gasteiger partial charge in [-0.2, -0.15) is 0 Å². The van der Waals surface area contributed by atoms with Crippen molar-refractivity contribution in [2.24, 2.45) is 0 Å². The molecule has 0 saturated heterocycles. The maximum absolute atomic E-state index is 14.0. The van der Waals surface area contributed by atoms with E-state index in [4.69, 9.17) is 0 Å². The average Bonchev–Trinajstić information content (AvgIpc) is 3.05. The molecule has 6 nitrogen and oxygen atoms in total. The van der Waals surface area contributed by atoms with Crippen LogP contribution in [0.3, 0.4) is 0 Å². The molecule has 3 aromatic rings. The molecule has 8 heteroatoms. The Morgan fingerprint density at radius 2 is 2.12 bits per heavy atom. The SMILES string of the molecule is Cc1nnc(-n2ccc(NC(=O)C3(c4ccccc4F)CC3)n2)s1.[HH]. The summed E-state index contributed by atoms with van der Waals surface area (Å²) < 4.78 is 15.6. The Morgan fingerprint density at radius 3 is 2.79 bits per heavy atom. The van der Waals surface area contributed by atoms with Gasteiger partial charge in [-0.1, -0.05) is 29.5 Å². The summed E-state index contributed by atoms with van der Waals surface area (Å²) in [5, 5.41) is 16.5. The molecule has 0 unspecified atom stereocenters. The van der Waals surface area contributed by atoms with Crippen molar-refractivity contribution < 1.29 is 10.6 Å². The molecule has 2 aromatic heterocycles. The lowest BCUT2D eigenvalue weighted by molar-refractivity contribution is -0.118. The van der Waals surface area contributed by atoms with Crippen LogP contribution in [0.4, 0.5) is 10.2 Å². The number of rotatable bonds is 4. The molecule has 0 radical (unpaired) electrons. The maximum Gasteiger partial charge on any atom is 0.236 e. The van der Waals surface area contributed by atoms with E-state index in [1.807, 2.05) is 6.92 Å². The van der Waals surface area contributed by atoms with Crippen molar-refractivity contribution >= 4 is 23.1 Å². The van der Waals surface area contributed by atoms with Gasteiger partial charge in [0.05, 0.1) is 5.41 Å². The van der Waals surface area contributed by atoms with Crippen molar-refractivity contribution in [3.8, 4) is 5.13 Å². The fraction of sp³-hybridized carbons (Fsp3) is 0.250. The minimum absolute atomic E-state index is 0. The lowest BCUT2D eigenvalue weighted by Gasteiger charge is -2.15. The number of anilines is 1. The molecule has 0 aliphatic heterocycles. The largest absolute Gasteiger partial charge is 0.308 e. The summed E-state index contributed by atoms with van der Waals surface area (Å²) in [7, 11) is 0. The zero-order valence-electron chi connectivity index (χ0n) is 12.9. The highest BCUT2D eigenvalue weighted by molar-refractivity contribution is 7.13. The molecule has 1 aliphatic carbocycles. The molecule has 0 atom stereocenters. The van der Waals surface area contributed by atoms with Crippen molar-refractivity contribution in [1.82, 2.24) is 20.0 Å². The fourth-order valence-electron chi connectivity index (χ4n) is 2.70. The Kier molecular flexibility index (Phi) is 3.42. The summed E-state index contributed by atoms with van der Waals surface area (Å²) in [6.45, 7) is 1.86. The third-order valence-electron chi connectivity index (χ3n) is 4.12. The van der Waals surface area contributed by atoms with E-state index >= 15 is 0 Å². The normalized spacial score (nSPS) is 15.2. The Morgan fingerprint density at radius 1 is 1.33 bits per heavy atom. The van der Waals surface area contributed by atoms with E-state index in [0.717, 1.165) is 5.01 Å². The number of hydrogen-bond donors (Lipinski definition) is 1. The Labute approximate surface area is 142 Å². The van der Waals surface area contributed by atoms with Crippen molar-refractivity contribution in [2.75, 3.05) is 5.32 Å². The van der Waals surface area contributed by atoms with E-state index in [9.17, 15) is 9.18 Å². The first kappa shape index (κ1) is 14.9. The Hall–Kier alpha value is -2.61. The fourth-order valence-corrected chi connectivity index (χ4v) is 3.33. The van der Waals surface area contributed by atoms with Crippen LogP contribution >= 0.6 is 11.3 Å². The average molecular weight is 345 g/mol. The molecular formula is C16H16FN5OS. The summed E-state index contributed by atoms with van der Waals surface area (Å²) in [5.74, 6) is -0.165. The van der Waals surface area contributed by atoms with Gasteiger partial charge >= 0.3 is 0 Å². The second kappa shape index (κ2) is 5.48. The maximum atomic E-state index is 14.0. The van der Waals surface area contributed by atoms with Gasteiger partial charge in [0.1, 0.15) is 10.8 Å². The second-order valence-corrected chi connectivity index (χ2v) is 6.93. The van der Waals surface area contributed by atoms with Crippen LogP contribution in [0.1, 0.15) is 24.8 Å². The van der Waals surface area contributed by atoms with Gasteiger partial charge in [-0.25, -0.2) is 9.07 Å². The van der Waals surface area contributed by atoms with Crippen LogP contribution in [0.25, 0.3) is 5.13 Å². The first-order chi connectivity index (χ1) is 11.6. The van der Waals surface area contributed by atoms with Crippen molar-refractivity contribution in [1.29, 1.82) is 0 Å². The molecule has 4 rings (SSSR count). The molecule has 0 spiro atoms. The topological polar surface area (TPSA) is 72.7 Å². The predicted octanol–water partition coefficient (Wildman–Crippen LogP) is 3.09. The van der Waals surface area contributed by atoms with Crippen molar-refractivity contribution in [3.63, 3.8) is 0 Å². The highest BCUT2D eigenvalue weighted by Crippen LogP contribution is 2.49. The van der Waals surface area contributed by atoms with Crippen LogP contribution < -0.4 is 5.32 Å². The molecule has 1 saturated carbocycles. The molecule has 1 amide bonds. The standard InChI is InChI=1S/C16H14FN5OS.H2/c1-10-19-20-15(24-10)22-9-6-13(21-22)18-14(23)16(7-8-16)11-4-2-3-5-12(11)17;/h2-6,9H,7-8H2,1H3,(H,18,21,23);1H. The highest BCUT2D eigenvalue weighted by Gasteiger charge is 2.52. The van der Waals surface area contributed by atoms with Gasteiger partial charge in [-0.05, 0) is 25.8 Å². The number of carbonyl (C=O) groups is 1. The minimum Gasteiger partial charge on any atom is -0.308 e. The number of halogens is 1. The van der Waals surface area contributed by atoms with Crippen LogP contribution in [-0.2, 0) is 10.2 Å². The van der Waals surface area contributed by atoms with Gasteiger partial charge in [0.25, 0.3) is 0 Å². The minimum atomic E-state index is -0.783. The van der Waals surface area contributed by atoms with E-state index in [1.54, 1.807) is 35.1 Å². The van der Waals surface area contributed by atoms with E-state index in [1.165, 1.54) is 17.4 Å². The molecule has 124 valence electrons. The number of nitrogens with zero attached hydrogens (tertiary/aromatic N) is 4. The number of aromatic nitrogens is 4. The number of nitrogens with one attached hydrogen (secondary N) is 1.